The van der Waals surface area contributed by atoms with Crippen molar-refractivity contribution in [3.8, 4) is 0 Å². The molecule has 0 aliphatic rings. The van der Waals surface area contributed by atoms with Crippen LogP contribution in [-0.4, -0.2) is 40.1 Å². The van der Waals surface area contributed by atoms with Crippen molar-refractivity contribution in [1.29, 1.82) is 0 Å². The van der Waals surface area contributed by atoms with Gasteiger partial charge in [-0.1, -0.05) is 12.7 Å². The average molecular weight is 298 g/mol. The summed E-state index contributed by atoms with van der Waals surface area (Å²) in [6.07, 6.45) is 1.59. The van der Waals surface area contributed by atoms with Gasteiger partial charge in [0.05, 0.1) is 6.42 Å². The third-order valence-corrected chi connectivity index (χ3v) is 1.68. The summed E-state index contributed by atoms with van der Waals surface area (Å²) < 4.78 is 4.62. The predicted molar refractivity (Wildman–Crippen MR) is 76.4 cm³/mol. The van der Waals surface area contributed by atoms with Crippen LogP contribution >= 0.6 is 0 Å². The Morgan fingerprint density at radius 3 is 2.00 bits per heavy atom. The number of nitrogens with one attached hydrogen (secondary N) is 1. The van der Waals surface area contributed by atoms with E-state index in [0.717, 1.165) is 0 Å². The second-order valence-electron chi connectivity index (χ2n) is 3.42. The minimum atomic E-state index is -0.647. The van der Waals surface area contributed by atoms with E-state index in [1.165, 1.54) is 6.08 Å². The third kappa shape index (κ3) is 10.5. The number of carbonyl (C=O) groups excluding carboxylic acids is 2. The normalized spacial score (nSPS) is 8.95. The number of esters is 1. The fourth-order valence-corrected chi connectivity index (χ4v) is 0.939. The lowest BCUT2D eigenvalue weighted by Gasteiger charge is -2.01. The monoisotopic (exact) mass is 298 g/mol. The zero-order chi connectivity index (χ0) is 16.3. The highest BCUT2D eigenvalue weighted by Gasteiger charge is 2.01. The summed E-state index contributed by atoms with van der Waals surface area (Å²) >= 11 is 0. The Bertz CT molecular complexity index is 443. The molecule has 11 heteroatoms. The minimum absolute atomic E-state index is 0.0417. The molecule has 0 saturated carbocycles. The Hall–Kier alpha value is -3.11. The van der Waals surface area contributed by atoms with Crippen molar-refractivity contribution in [3.63, 3.8) is 0 Å². The smallest absolute Gasteiger partial charge is 0.312 e. The van der Waals surface area contributed by atoms with Crippen LogP contribution in [-0.2, 0) is 9.53 Å². The van der Waals surface area contributed by atoms with Crippen molar-refractivity contribution in [2.45, 2.75) is 6.42 Å². The van der Waals surface area contributed by atoms with E-state index in [0.29, 0.717) is 0 Å². The SMILES string of the molecule is C=CCOC(=O)CCNC(N)=O.Nc1nc(N)nc(N)n1. The number of hydrogen-bond donors (Lipinski definition) is 5. The molecule has 21 heavy (non-hydrogen) atoms. The molecule has 11 nitrogen and oxygen atoms in total. The summed E-state index contributed by atoms with van der Waals surface area (Å²) in [5.41, 5.74) is 20.2. The number of nitrogen functional groups attached to an aromatic ring is 3. The number of ether oxygens (including phenoxy) is 1. The molecule has 0 atom stereocenters. The lowest BCUT2D eigenvalue weighted by atomic mass is 10.4. The fourth-order valence-electron chi connectivity index (χ4n) is 0.939. The first kappa shape index (κ1) is 17.9. The molecule has 1 heterocycles. The van der Waals surface area contributed by atoms with E-state index in [9.17, 15) is 9.59 Å². The van der Waals surface area contributed by atoms with Crippen LogP contribution < -0.4 is 28.3 Å². The van der Waals surface area contributed by atoms with Gasteiger partial charge in [0, 0.05) is 6.54 Å². The molecule has 0 unspecified atom stereocenters. The number of amides is 2. The standard InChI is InChI=1S/C7H12N2O3.C3H6N6/c1-2-5-12-6(10)3-4-9-7(8)11;4-1-7-2(5)9-3(6)8-1/h2H,1,3-5H2,(H3,8,9,11);(H6,4,5,6,7,8,9). The molecule has 0 aromatic carbocycles. The summed E-state index contributed by atoms with van der Waals surface area (Å²) in [7, 11) is 0. The minimum Gasteiger partial charge on any atom is -0.461 e. The Kier molecular flexibility index (Phi) is 8.33. The molecule has 0 fully saturated rings. The van der Waals surface area contributed by atoms with E-state index >= 15 is 0 Å². The van der Waals surface area contributed by atoms with Crippen LogP contribution in [0.15, 0.2) is 12.7 Å². The van der Waals surface area contributed by atoms with Gasteiger partial charge < -0.3 is 33.0 Å². The second-order valence-corrected chi connectivity index (χ2v) is 3.42. The molecule has 1 rings (SSSR count). The summed E-state index contributed by atoms with van der Waals surface area (Å²) in [5.74, 6) is -0.261. The van der Waals surface area contributed by atoms with Crippen molar-refractivity contribution in [2.24, 2.45) is 5.73 Å². The predicted octanol–water partition coefficient (Wildman–Crippen LogP) is -1.61. The van der Waals surface area contributed by atoms with Crippen LogP contribution in [0.25, 0.3) is 0 Å². The molecule has 0 bridgehead atoms. The number of anilines is 3. The van der Waals surface area contributed by atoms with E-state index in [1.54, 1.807) is 0 Å². The lowest BCUT2D eigenvalue weighted by Crippen LogP contribution is -2.31. The molecule has 9 N–H and O–H groups in total. The zero-order valence-corrected chi connectivity index (χ0v) is 11.3. The quantitative estimate of drug-likeness (QED) is 0.313. The van der Waals surface area contributed by atoms with E-state index in [4.69, 9.17) is 22.9 Å². The molecule has 1 aromatic rings. The van der Waals surface area contributed by atoms with E-state index in [1.807, 2.05) is 0 Å². The molecule has 0 saturated heterocycles. The maximum absolute atomic E-state index is 10.7. The topological polar surface area (TPSA) is 198 Å². The van der Waals surface area contributed by atoms with Crippen LogP contribution in [0.3, 0.4) is 0 Å². The van der Waals surface area contributed by atoms with Gasteiger partial charge in [0.2, 0.25) is 17.8 Å². The van der Waals surface area contributed by atoms with E-state index in [-0.39, 0.29) is 43.4 Å². The van der Waals surface area contributed by atoms with Gasteiger partial charge in [0.1, 0.15) is 6.61 Å². The number of rotatable bonds is 5. The van der Waals surface area contributed by atoms with Gasteiger partial charge in [-0.3, -0.25) is 4.79 Å². The first-order chi connectivity index (χ1) is 9.85. The molecular formula is C10H18N8O3. The van der Waals surface area contributed by atoms with Gasteiger partial charge in [0.25, 0.3) is 0 Å². The van der Waals surface area contributed by atoms with Gasteiger partial charge >= 0.3 is 12.0 Å². The largest absolute Gasteiger partial charge is 0.461 e. The Balaban J connectivity index is 0.000000394. The molecule has 116 valence electrons. The molecule has 0 aliphatic heterocycles. The van der Waals surface area contributed by atoms with Crippen molar-refractivity contribution in [1.82, 2.24) is 20.3 Å². The molecule has 0 radical (unpaired) electrons. The number of nitrogens with zero attached hydrogens (tertiary/aromatic N) is 3. The Labute approximate surface area is 120 Å². The summed E-state index contributed by atoms with van der Waals surface area (Å²) in [6, 6.07) is -0.647. The number of nitrogens with two attached hydrogens (primary N) is 4. The fraction of sp³-hybridized carbons (Fsp3) is 0.300. The molecule has 0 aliphatic carbocycles. The summed E-state index contributed by atoms with van der Waals surface area (Å²) in [4.78, 5) is 31.3. The van der Waals surface area contributed by atoms with Crippen molar-refractivity contribution < 1.29 is 14.3 Å². The van der Waals surface area contributed by atoms with E-state index < -0.39 is 6.03 Å². The van der Waals surface area contributed by atoms with Crippen LogP contribution in [0, 0.1) is 0 Å². The van der Waals surface area contributed by atoms with Crippen molar-refractivity contribution in [2.75, 3.05) is 30.4 Å². The van der Waals surface area contributed by atoms with Gasteiger partial charge in [-0.05, 0) is 0 Å². The molecule has 2 amide bonds. The first-order valence-corrected chi connectivity index (χ1v) is 5.67. The molecule has 0 spiro atoms. The van der Waals surface area contributed by atoms with Crippen LogP contribution in [0.4, 0.5) is 22.6 Å². The van der Waals surface area contributed by atoms with Gasteiger partial charge in [-0.2, -0.15) is 15.0 Å². The number of urea groups is 1. The number of hydrogen-bond acceptors (Lipinski definition) is 9. The van der Waals surface area contributed by atoms with Gasteiger partial charge in [0.15, 0.2) is 0 Å². The highest BCUT2D eigenvalue weighted by molar-refractivity contribution is 5.73. The zero-order valence-electron chi connectivity index (χ0n) is 11.3. The highest BCUT2D eigenvalue weighted by Crippen LogP contribution is 1.97. The third-order valence-electron chi connectivity index (χ3n) is 1.68. The highest BCUT2D eigenvalue weighted by atomic mass is 16.5. The summed E-state index contributed by atoms with van der Waals surface area (Å²) in [6.45, 7) is 3.76. The number of primary amides is 1. The summed E-state index contributed by atoms with van der Waals surface area (Å²) in [5, 5.41) is 2.27. The van der Waals surface area contributed by atoms with E-state index in [2.05, 4.69) is 31.6 Å². The van der Waals surface area contributed by atoms with Crippen molar-refractivity contribution in [3.05, 3.63) is 12.7 Å². The maximum atomic E-state index is 10.7. The average Bonchev–Trinajstić information content (AvgIpc) is 2.35. The Morgan fingerprint density at radius 1 is 1.14 bits per heavy atom. The van der Waals surface area contributed by atoms with Crippen LogP contribution in [0.1, 0.15) is 6.42 Å². The van der Waals surface area contributed by atoms with Crippen LogP contribution in [0.5, 0.6) is 0 Å². The lowest BCUT2D eigenvalue weighted by molar-refractivity contribution is -0.142. The maximum Gasteiger partial charge on any atom is 0.312 e. The second kappa shape index (κ2) is 9.77. The Morgan fingerprint density at radius 2 is 1.62 bits per heavy atom. The number of aromatic nitrogens is 3. The van der Waals surface area contributed by atoms with Crippen LogP contribution in [0.2, 0.25) is 0 Å². The first-order valence-electron chi connectivity index (χ1n) is 5.67. The van der Waals surface area contributed by atoms with Crippen molar-refractivity contribution >= 4 is 29.8 Å². The van der Waals surface area contributed by atoms with Gasteiger partial charge in [-0.15, -0.1) is 0 Å². The molecular weight excluding hydrogens is 280 g/mol. The molecule has 1 aromatic heterocycles. The van der Waals surface area contributed by atoms with Gasteiger partial charge in [-0.25, -0.2) is 4.79 Å². The number of carbonyl (C=O) groups is 2.